The van der Waals surface area contributed by atoms with Crippen LogP contribution in [0.5, 0.6) is 5.75 Å². The van der Waals surface area contributed by atoms with E-state index < -0.39 is 0 Å². The molecule has 1 aromatic carbocycles. The minimum absolute atomic E-state index is 0.0375. The molecule has 0 aromatic heterocycles. The number of hydrogen-bond acceptors (Lipinski definition) is 2. The molecular weight excluding hydrogens is 270 g/mol. The maximum Gasteiger partial charge on any atom is 0.125 e. The van der Waals surface area contributed by atoms with Crippen LogP contribution in [0.4, 0.5) is 0 Å². The molecule has 1 atom stereocenters. The molecule has 2 rings (SSSR count). The highest BCUT2D eigenvalue weighted by atomic mass is 35.5. The van der Waals surface area contributed by atoms with E-state index in [9.17, 15) is 0 Å². The van der Waals surface area contributed by atoms with Gasteiger partial charge in [0.15, 0.2) is 0 Å². The summed E-state index contributed by atoms with van der Waals surface area (Å²) in [7, 11) is 1.76. The van der Waals surface area contributed by atoms with Crippen LogP contribution in [-0.2, 0) is 11.8 Å². The summed E-state index contributed by atoms with van der Waals surface area (Å²) in [4.78, 5) is 0. The van der Waals surface area contributed by atoms with E-state index in [2.05, 4.69) is 32.2 Å². The van der Waals surface area contributed by atoms with Crippen molar-refractivity contribution in [2.75, 3.05) is 20.2 Å². The predicted molar refractivity (Wildman–Crippen MR) is 86.0 cm³/mol. The monoisotopic (exact) mass is 295 g/mol. The van der Waals surface area contributed by atoms with Crippen LogP contribution in [0.15, 0.2) is 12.1 Å². The van der Waals surface area contributed by atoms with E-state index in [0.717, 1.165) is 30.3 Å². The molecule has 1 aromatic rings. The molecule has 1 N–H and O–H groups in total. The van der Waals surface area contributed by atoms with Gasteiger partial charge >= 0.3 is 0 Å². The van der Waals surface area contributed by atoms with E-state index in [1.807, 2.05) is 6.07 Å². The molecule has 1 fully saturated rings. The quantitative estimate of drug-likeness (QED) is 0.903. The van der Waals surface area contributed by atoms with Gasteiger partial charge in [-0.05, 0) is 61.4 Å². The Morgan fingerprint density at radius 1 is 1.35 bits per heavy atom. The molecule has 1 aliphatic heterocycles. The third kappa shape index (κ3) is 3.67. The van der Waals surface area contributed by atoms with Crippen LogP contribution in [0.2, 0.25) is 5.02 Å². The van der Waals surface area contributed by atoms with Crippen molar-refractivity contribution in [2.45, 2.75) is 45.4 Å². The minimum Gasteiger partial charge on any atom is -0.496 e. The number of rotatable bonds is 3. The third-order valence-electron chi connectivity index (χ3n) is 4.05. The summed E-state index contributed by atoms with van der Waals surface area (Å²) in [5, 5.41) is 4.29. The van der Waals surface area contributed by atoms with Crippen molar-refractivity contribution in [1.29, 1.82) is 0 Å². The van der Waals surface area contributed by atoms with Crippen molar-refractivity contribution in [2.24, 2.45) is 5.92 Å². The molecule has 0 spiro atoms. The van der Waals surface area contributed by atoms with Crippen molar-refractivity contribution in [1.82, 2.24) is 5.32 Å². The second-order valence-corrected chi connectivity index (χ2v) is 7.25. The highest BCUT2D eigenvalue weighted by Crippen LogP contribution is 2.38. The van der Waals surface area contributed by atoms with Crippen molar-refractivity contribution in [3.63, 3.8) is 0 Å². The second kappa shape index (κ2) is 6.36. The van der Waals surface area contributed by atoms with Crippen LogP contribution in [0.1, 0.15) is 44.7 Å². The lowest BCUT2D eigenvalue weighted by atomic mass is 9.83. The molecule has 1 unspecified atom stereocenters. The van der Waals surface area contributed by atoms with Gasteiger partial charge in [0.25, 0.3) is 0 Å². The average molecular weight is 296 g/mol. The fourth-order valence-corrected chi connectivity index (χ4v) is 3.25. The van der Waals surface area contributed by atoms with Gasteiger partial charge in [-0.2, -0.15) is 0 Å². The summed E-state index contributed by atoms with van der Waals surface area (Å²) in [5.74, 6) is 1.71. The molecule has 20 heavy (non-hydrogen) atoms. The van der Waals surface area contributed by atoms with Crippen LogP contribution >= 0.6 is 11.6 Å². The van der Waals surface area contributed by atoms with E-state index >= 15 is 0 Å². The molecule has 1 heterocycles. The molecule has 0 amide bonds. The van der Waals surface area contributed by atoms with E-state index in [1.165, 1.54) is 24.0 Å². The average Bonchev–Trinajstić information content (AvgIpc) is 2.38. The van der Waals surface area contributed by atoms with Gasteiger partial charge in [0, 0.05) is 10.6 Å². The Morgan fingerprint density at radius 2 is 2.10 bits per heavy atom. The first-order valence-electron chi connectivity index (χ1n) is 7.49. The summed E-state index contributed by atoms with van der Waals surface area (Å²) in [6.07, 6.45) is 3.59. The van der Waals surface area contributed by atoms with Gasteiger partial charge in [-0.25, -0.2) is 0 Å². The van der Waals surface area contributed by atoms with Crippen LogP contribution in [0.3, 0.4) is 0 Å². The van der Waals surface area contributed by atoms with Crippen LogP contribution in [-0.4, -0.2) is 20.2 Å². The van der Waals surface area contributed by atoms with E-state index in [-0.39, 0.29) is 5.41 Å². The lowest BCUT2D eigenvalue weighted by molar-refractivity contribution is 0.359. The Kier molecular flexibility index (Phi) is 4.98. The lowest BCUT2D eigenvalue weighted by Crippen LogP contribution is -2.31. The van der Waals surface area contributed by atoms with Gasteiger partial charge in [-0.1, -0.05) is 32.4 Å². The lowest BCUT2D eigenvalue weighted by Gasteiger charge is -2.27. The molecule has 0 aliphatic carbocycles. The highest BCUT2D eigenvalue weighted by Gasteiger charge is 2.24. The zero-order chi connectivity index (χ0) is 14.8. The zero-order valence-electron chi connectivity index (χ0n) is 13.1. The summed E-state index contributed by atoms with van der Waals surface area (Å²) in [6, 6.07) is 4.12. The Hall–Kier alpha value is -0.730. The number of nitrogens with one attached hydrogen (secondary N) is 1. The van der Waals surface area contributed by atoms with Gasteiger partial charge in [-0.3, -0.25) is 0 Å². The summed E-state index contributed by atoms with van der Waals surface area (Å²) < 4.78 is 5.72. The standard InChI is InChI=1S/C17H26ClNO/c1-17(2,3)15-10-14(18)9-13(16(15)20-4)8-12-6-5-7-19-11-12/h9-10,12,19H,5-8,11H2,1-4H3. The molecule has 3 heteroatoms. The fraction of sp³-hybridized carbons (Fsp3) is 0.647. The van der Waals surface area contributed by atoms with Gasteiger partial charge in [0.05, 0.1) is 7.11 Å². The number of methoxy groups -OCH3 is 1. The predicted octanol–water partition coefficient (Wildman–Crippen LogP) is 4.19. The SMILES string of the molecule is COc1c(CC2CCCNC2)cc(Cl)cc1C(C)(C)C. The largest absolute Gasteiger partial charge is 0.496 e. The molecular formula is C17H26ClNO. The van der Waals surface area contributed by atoms with Crippen LogP contribution < -0.4 is 10.1 Å². The number of hydrogen-bond donors (Lipinski definition) is 1. The number of halogens is 1. The first-order valence-corrected chi connectivity index (χ1v) is 7.87. The number of piperidine rings is 1. The Bertz CT molecular complexity index is 459. The maximum atomic E-state index is 6.33. The summed E-state index contributed by atoms with van der Waals surface area (Å²) >= 11 is 6.33. The number of ether oxygens (including phenoxy) is 1. The molecule has 1 saturated heterocycles. The molecule has 2 nitrogen and oxygen atoms in total. The second-order valence-electron chi connectivity index (χ2n) is 6.81. The molecule has 1 aliphatic rings. The van der Waals surface area contributed by atoms with Crippen LogP contribution in [0.25, 0.3) is 0 Å². The number of benzene rings is 1. The topological polar surface area (TPSA) is 21.3 Å². The van der Waals surface area contributed by atoms with Gasteiger partial charge < -0.3 is 10.1 Å². The minimum atomic E-state index is 0.0375. The van der Waals surface area contributed by atoms with E-state index in [1.54, 1.807) is 7.11 Å². The van der Waals surface area contributed by atoms with E-state index in [4.69, 9.17) is 16.3 Å². The van der Waals surface area contributed by atoms with Gasteiger partial charge in [0.2, 0.25) is 0 Å². The van der Waals surface area contributed by atoms with Crippen molar-refractivity contribution < 1.29 is 4.74 Å². The molecule has 112 valence electrons. The first kappa shape index (κ1) is 15.7. The van der Waals surface area contributed by atoms with Crippen molar-refractivity contribution in [3.8, 4) is 5.75 Å². The normalized spacial score (nSPS) is 19.9. The van der Waals surface area contributed by atoms with Gasteiger partial charge in [-0.15, -0.1) is 0 Å². The molecule has 0 bridgehead atoms. The van der Waals surface area contributed by atoms with Crippen LogP contribution in [0, 0.1) is 5.92 Å². The Labute approximate surface area is 127 Å². The first-order chi connectivity index (χ1) is 9.41. The van der Waals surface area contributed by atoms with Gasteiger partial charge in [0.1, 0.15) is 5.75 Å². The van der Waals surface area contributed by atoms with Crippen molar-refractivity contribution in [3.05, 3.63) is 28.3 Å². The third-order valence-corrected chi connectivity index (χ3v) is 4.27. The Balaban J connectivity index is 2.33. The molecule has 0 saturated carbocycles. The Morgan fingerprint density at radius 3 is 2.65 bits per heavy atom. The molecule has 0 radical (unpaired) electrons. The maximum absolute atomic E-state index is 6.33. The smallest absolute Gasteiger partial charge is 0.125 e. The fourth-order valence-electron chi connectivity index (χ4n) is 3.01. The zero-order valence-corrected chi connectivity index (χ0v) is 13.8. The van der Waals surface area contributed by atoms with E-state index in [0.29, 0.717) is 5.92 Å². The highest BCUT2D eigenvalue weighted by molar-refractivity contribution is 6.30. The summed E-state index contributed by atoms with van der Waals surface area (Å²) in [5.41, 5.74) is 2.49. The van der Waals surface area contributed by atoms with Crippen molar-refractivity contribution >= 4 is 11.6 Å². The summed E-state index contributed by atoms with van der Waals surface area (Å²) in [6.45, 7) is 8.85.